The van der Waals surface area contributed by atoms with Crippen molar-refractivity contribution in [1.29, 1.82) is 0 Å². The topological polar surface area (TPSA) is 68.1 Å². The van der Waals surface area contributed by atoms with Gasteiger partial charge in [0.05, 0.1) is 4.92 Å². The first-order chi connectivity index (χ1) is 7.75. The van der Waals surface area contributed by atoms with Gasteiger partial charge in [-0.25, -0.2) is 0 Å². The Balaban J connectivity index is 1.96. The van der Waals surface area contributed by atoms with Gasteiger partial charge in [0.1, 0.15) is 6.20 Å². The zero-order chi connectivity index (χ0) is 11.4. The third-order valence-corrected chi connectivity index (χ3v) is 2.98. The van der Waals surface area contributed by atoms with Gasteiger partial charge in [0.15, 0.2) is 0 Å². The van der Waals surface area contributed by atoms with Crippen LogP contribution in [0.15, 0.2) is 18.3 Å². The number of nitro groups is 1. The van der Waals surface area contributed by atoms with Crippen LogP contribution in [0.1, 0.15) is 18.5 Å². The molecule has 2 heterocycles. The van der Waals surface area contributed by atoms with Gasteiger partial charge in [0.25, 0.3) is 5.69 Å². The highest BCUT2D eigenvalue weighted by Gasteiger charge is 2.14. The molecule has 0 atom stereocenters. The standard InChI is InChI=1S/C11H15N3O2/c15-14(16)11-2-1-10(13-8-11)7-9-3-5-12-6-4-9/h1-2,8-9,12H,3-7H2. The molecule has 16 heavy (non-hydrogen) atoms. The molecule has 0 unspecified atom stereocenters. The zero-order valence-electron chi connectivity index (χ0n) is 9.06. The maximum absolute atomic E-state index is 10.5. The molecule has 1 fully saturated rings. The SMILES string of the molecule is O=[N+]([O-])c1ccc(CC2CCNCC2)nc1. The van der Waals surface area contributed by atoms with Gasteiger partial charge in [-0.2, -0.15) is 0 Å². The van der Waals surface area contributed by atoms with E-state index in [-0.39, 0.29) is 5.69 Å². The molecule has 5 heteroatoms. The fourth-order valence-corrected chi connectivity index (χ4v) is 2.03. The first-order valence-corrected chi connectivity index (χ1v) is 5.56. The van der Waals surface area contributed by atoms with Crippen molar-refractivity contribution >= 4 is 5.69 Å². The summed E-state index contributed by atoms with van der Waals surface area (Å²) in [7, 11) is 0. The van der Waals surface area contributed by atoms with Crippen LogP contribution in [0.2, 0.25) is 0 Å². The Hall–Kier alpha value is -1.49. The molecule has 2 rings (SSSR count). The van der Waals surface area contributed by atoms with Crippen LogP contribution in [-0.4, -0.2) is 23.0 Å². The molecule has 5 nitrogen and oxygen atoms in total. The highest BCUT2D eigenvalue weighted by molar-refractivity contribution is 5.26. The molecule has 1 aromatic rings. The molecule has 0 radical (unpaired) electrons. The average molecular weight is 221 g/mol. The Kier molecular flexibility index (Phi) is 3.46. The summed E-state index contributed by atoms with van der Waals surface area (Å²) in [4.78, 5) is 14.2. The molecular weight excluding hydrogens is 206 g/mol. The first-order valence-electron chi connectivity index (χ1n) is 5.56. The summed E-state index contributed by atoms with van der Waals surface area (Å²) in [5.74, 6) is 0.662. The van der Waals surface area contributed by atoms with Gasteiger partial charge in [-0.05, 0) is 44.3 Å². The van der Waals surface area contributed by atoms with Crippen molar-refractivity contribution in [2.75, 3.05) is 13.1 Å². The zero-order valence-corrected chi connectivity index (χ0v) is 9.06. The van der Waals surface area contributed by atoms with E-state index in [9.17, 15) is 10.1 Å². The molecule has 0 aromatic carbocycles. The van der Waals surface area contributed by atoms with Gasteiger partial charge >= 0.3 is 0 Å². The quantitative estimate of drug-likeness (QED) is 0.621. The lowest BCUT2D eigenvalue weighted by molar-refractivity contribution is -0.385. The molecule has 0 amide bonds. The van der Waals surface area contributed by atoms with E-state index in [1.54, 1.807) is 6.07 Å². The van der Waals surface area contributed by atoms with Crippen LogP contribution in [0, 0.1) is 16.0 Å². The Morgan fingerprint density at radius 1 is 1.44 bits per heavy atom. The predicted molar refractivity (Wildman–Crippen MR) is 60.2 cm³/mol. The lowest BCUT2D eigenvalue weighted by atomic mass is 9.93. The summed E-state index contributed by atoms with van der Waals surface area (Å²) in [6.45, 7) is 2.13. The lowest BCUT2D eigenvalue weighted by Gasteiger charge is -2.21. The largest absolute Gasteiger partial charge is 0.317 e. The monoisotopic (exact) mass is 221 g/mol. The number of pyridine rings is 1. The second-order valence-electron chi connectivity index (χ2n) is 4.16. The van der Waals surface area contributed by atoms with Crippen molar-refractivity contribution in [2.45, 2.75) is 19.3 Å². The number of nitrogens with one attached hydrogen (secondary N) is 1. The van der Waals surface area contributed by atoms with Crippen molar-refractivity contribution in [3.8, 4) is 0 Å². The molecular formula is C11H15N3O2. The van der Waals surface area contributed by atoms with Crippen molar-refractivity contribution in [2.24, 2.45) is 5.92 Å². The van der Waals surface area contributed by atoms with Gasteiger partial charge in [-0.1, -0.05) is 0 Å². The fourth-order valence-electron chi connectivity index (χ4n) is 2.03. The van der Waals surface area contributed by atoms with Crippen molar-refractivity contribution in [3.05, 3.63) is 34.1 Å². The summed E-state index contributed by atoms with van der Waals surface area (Å²) in [5.41, 5.74) is 1.02. The summed E-state index contributed by atoms with van der Waals surface area (Å²) >= 11 is 0. The van der Waals surface area contributed by atoms with Crippen molar-refractivity contribution in [1.82, 2.24) is 10.3 Å². The van der Waals surface area contributed by atoms with Gasteiger partial charge in [-0.15, -0.1) is 0 Å². The van der Waals surface area contributed by atoms with Gasteiger partial charge in [0, 0.05) is 11.8 Å². The van der Waals surface area contributed by atoms with Crippen LogP contribution in [0.4, 0.5) is 5.69 Å². The van der Waals surface area contributed by atoms with E-state index >= 15 is 0 Å². The molecule has 86 valence electrons. The van der Waals surface area contributed by atoms with Crippen LogP contribution < -0.4 is 5.32 Å². The van der Waals surface area contributed by atoms with Crippen molar-refractivity contribution in [3.63, 3.8) is 0 Å². The molecule has 1 saturated heterocycles. The molecule has 1 N–H and O–H groups in total. The van der Waals surface area contributed by atoms with E-state index in [0.717, 1.165) is 25.2 Å². The highest BCUT2D eigenvalue weighted by Crippen LogP contribution is 2.18. The second-order valence-corrected chi connectivity index (χ2v) is 4.16. The normalized spacial score (nSPS) is 17.2. The summed E-state index contributed by atoms with van der Waals surface area (Å²) in [6, 6.07) is 3.30. The number of rotatable bonds is 3. The Labute approximate surface area is 94.0 Å². The summed E-state index contributed by atoms with van der Waals surface area (Å²) in [6.07, 6.45) is 4.60. The van der Waals surface area contributed by atoms with Gasteiger partial charge in [0.2, 0.25) is 0 Å². The molecule has 1 aromatic heterocycles. The molecule has 0 aliphatic carbocycles. The maximum Gasteiger partial charge on any atom is 0.287 e. The first kappa shape index (κ1) is 11.0. The fraction of sp³-hybridized carbons (Fsp3) is 0.545. The Bertz CT molecular complexity index is 358. The van der Waals surface area contributed by atoms with Crippen LogP contribution in [0.3, 0.4) is 0 Å². The Morgan fingerprint density at radius 2 is 2.19 bits per heavy atom. The number of aromatic nitrogens is 1. The number of hydrogen-bond acceptors (Lipinski definition) is 4. The van der Waals surface area contributed by atoms with E-state index in [0.29, 0.717) is 5.92 Å². The smallest absolute Gasteiger partial charge is 0.287 e. The number of piperidine rings is 1. The maximum atomic E-state index is 10.5. The Morgan fingerprint density at radius 3 is 2.75 bits per heavy atom. The third-order valence-electron chi connectivity index (χ3n) is 2.98. The van der Waals surface area contributed by atoms with E-state index in [1.165, 1.54) is 25.1 Å². The molecule has 0 bridgehead atoms. The average Bonchev–Trinajstić information content (AvgIpc) is 2.31. The minimum absolute atomic E-state index is 0.0639. The van der Waals surface area contributed by atoms with Crippen LogP contribution in [-0.2, 0) is 6.42 Å². The van der Waals surface area contributed by atoms with Crippen molar-refractivity contribution < 1.29 is 4.92 Å². The highest BCUT2D eigenvalue weighted by atomic mass is 16.6. The van der Waals surface area contributed by atoms with Gasteiger partial charge < -0.3 is 5.32 Å². The second kappa shape index (κ2) is 5.03. The third kappa shape index (κ3) is 2.76. The number of nitrogens with zero attached hydrogens (tertiary/aromatic N) is 2. The van der Waals surface area contributed by atoms with Crippen LogP contribution >= 0.6 is 0 Å². The van der Waals surface area contributed by atoms with Crippen LogP contribution in [0.5, 0.6) is 0 Å². The number of hydrogen-bond donors (Lipinski definition) is 1. The van der Waals surface area contributed by atoms with E-state index in [1.807, 2.05) is 0 Å². The molecule has 0 spiro atoms. The lowest BCUT2D eigenvalue weighted by Crippen LogP contribution is -2.28. The molecule has 0 saturated carbocycles. The van der Waals surface area contributed by atoms with E-state index in [2.05, 4.69) is 10.3 Å². The van der Waals surface area contributed by atoms with Gasteiger partial charge in [-0.3, -0.25) is 15.1 Å². The van der Waals surface area contributed by atoms with Crippen LogP contribution in [0.25, 0.3) is 0 Å². The summed E-state index contributed by atoms with van der Waals surface area (Å²) < 4.78 is 0. The van der Waals surface area contributed by atoms with E-state index < -0.39 is 4.92 Å². The minimum Gasteiger partial charge on any atom is -0.317 e. The molecule has 1 aliphatic rings. The minimum atomic E-state index is -0.415. The van der Waals surface area contributed by atoms with E-state index in [4.69, 9.17) is 0 Å². The molecule has 1 aliphatic heterocycles. The predicted octanol–water partition coefficient (Wildman–Crippen LogP) is 1.53. The summed E-state index contributed by atoms with van der Waals surface area (Å²) in [5, 5.41) is 13.8.